The minimum atomic E-state index is -0.451. The maximum absolute atomic E-state index is 13.4. The van der Waals surface area contributed by atoms with Crippen LogP contribution in [0.2, 0.25) is 0 Å². The maximum Gasteiger partial charge on any atom is 0.245 e. The molecule has 172 valence electrons. The van der Waals surface area contributed by atoms with E-state index in [4.69, 9.17) is 0 Å². The lowest BCUT2D eigenvalue weighted by Gasteiger charge is -2.33. The number of thiol groups is 1. The van der Waals surface area contributed by atoms with E-state index in [2.05, 4.69) is 47.4 Å². The Labute approximate surface area is 200 Å². The summed E-state index contributed by atoms with van der Waals surface area (Å²) in [6.07, 6.45) is 8.06. The molecule has 1 aliphatic carbocycles. The number of hydrogen-bond donors (Lipinski definition) is 2. The van der Waals surface area contributed by atoms with Crippen molar-refractivity contribution in [2.45, 2.75) is 58.4 Å². The van der Waals surface area contributed by atoms with Crippen LogP contribution in [0.5, 0.6) is 0 Å². The van der Waals surface area contributed by atoms with Gasteiger partial charge >= 0.3 is 0 Å². The molecule has 1 N–H and O–H groups in total. The highest BCUT2D eigenvalue weighted by atomic mass is 32.1. The van der Waals surface area contributed by atoms with E-state index in [1.165, 1.54) is 18.0 Å². The molecule has 0 spiro atoms. The van der Waals surface area contributed by atoms with Gasteiger partial charge in [-0.1, -0.05) is 44.4 Å². The van der Waals surface area contributed by atoms with Crippen LogP contribution in [0.1, 0.15) is 57.9 Å². The Morgan fingerprint density at radius 3 is 2.72 bits per heavy atom. The van der Waals surface area contributed by atoms with Gasteiger partial charge in [0.05, 0.1) is 12.2 Å². The summed E-state index contributed by atoms with van der Waals surface area (Å²) >= 11 is 6.06. The fraction of sp³-hybridized carbons (Fsp3) is 0.480. The van der Waals surface area contributed by atoms with Crippen LogP contribution < -0.4 is 5.32 Å². The topological polar surface area (TPSA) is 61.8 Å². The molecular weight excluding hydrogens is 438 g/mol. The molecule has 2 amide bonds. The minimum Gasteiger partial charge on any atom is -0.344 e. The average molecular weight is 472 g/mol. The number of thiophene rings is 1. The van der Waals surface area contributed by atoms with Crippen molar-refractivity contribution < 1.29 is 9.59 Å². The van der Waals surface area contributed by atoms with Crippen molar-refractivity contribution in [1.29, 1.82) is 0 Å². The van der Waals surface area contributed by atoms with Crippen molar-refractivity contribution in [1.82, 2.24) is 10.2 Å². The number of nitrogens with one attached hydrogen (secondary N) is 1. The van der Waals surface area contributed by atoms with Crippen molar-refractivity contribution in [2.24, 2.45) is 10.9 Å². The van der Waals surface area contributed by atoms with E-state index in [1.54, 1.807) is 23.0 Å². The highest BCUT2D eigenvalue weighted by Crippen LogP contribution is 2.32. The van der Waals surface area contributed by atoms with Crippen molar-refractivity contribution >= 4 is 57.8 Å². The Kier molecular flexibility index (Phi) is 9.36. The van der Waals surface area contributed by atoms with E-state index in [0.717, 1.165) is 48.8 Å². The zero-order chi connectivity index (χ0) is 22.9. The number of nitrogens with zero attached hydrogens (tertiary/aromatic N) is 2. The van der Waals surface area contributed by atoms with E-state index in [-0.39, 0.29) is 17.7 Å². The summed E-state index contributed by atoms with van der Waals surface area (Å²) in [5.41, 5.74) is 1.82. The molecule has 5 nitrogen and oxygen atoms in total. The summed E-state index contributed by atoms with van der Waals surface area (Å²) in [7, 11) is 0. The van der Waals surface area contributed by atoms with Crippen molar-refractivity contribution in [2.75, 3.05) is 13.1 Å². The monoisotopic (exact) mass is 471 g/mol. The lowest BCUT2D eigenvalue weighted by Crippen LogP contribution is -2.52. The van der Waals surface area contributed by atoms with Crippen LogP contribution in [0.25, 0.3) is 15.8 Å². The van der Waals surface area contributed by atoms with Gasteiger partial charge < -0.3 is 10.2 Å². The molecule has 1 saturated carbocycles. The molecule has 32 heavy (non-hydrogen) atoms. The van der Waals surface area contributed by atoms with Crippen LogP contribution in [0.4, 0.5) is 0 Å². The summed E-state index contributed by atoms with van der Waals surface area (Å²) in [5.74, 6) is 0.0583. The molecule has 1 heterocycles. The Balaban J connectivity index is 1.74. The average Bonchev–Trinajstić information content (AvgIpc) is 3.23. The van der Waals surface area contributed by atoms with Gasteiger partial charge in [0.25, 0.3) is 0 Å². The highest BCUT2D eigenvalue weighted by molar-refractivity contribution is 7.83. The summed E-state index contributed by atoms with van der Waals surface area (Å²) < 4.78 is 1.21. The zero-order valence-electron chi connectivity index (χ0n) is 18.9. The largest absolute Gasteiger partial charge is 0.344 e. The van der Waals surface area contributed by atoms with Crippen LogP contribution in [0, 0.1) is 5.92 Å². The Hall–Kier alpha value is -2.12. The second kappa shape index (κ2) is 12.2. The lowest BCUT2D eigenvalue weighted by molar-refractivity contribution is -0.137. The van der Waals surface area contributed by atoms with Gasteiger partial charge in [-0.25, -0.2) is 0 Å². The van der Waals surface area contributed by atoms with Gasteiger partial charge in [0.1, 0.15) is 6.04 Å². The summed E-state index contributed by atoms with van der Waals surface area (Å²) in [6, 6.07) is 7.78. The molecule has 1 unspecified atom stereocenters. The van der Waals surface area contributed by atoms with E-state index < -0.39 is 6.04 Å². The van der Waals surface area contributed by atoms with E-state index in [0.29, 0.717) is 13.1 Å². The minimum absolute atomic E-state index is 0.00205. The predicted octanol–water partition coefficient (Wildman–Crippen LogP) is 5.52. The first-order valence-corrected chi connectivity index (χ1v) is 12.8. The van der Waals surface area contributed by atoms with Gasteiger partial charge in [-0.15, -0.1) is 24.0 Å². The molecule has 2 aromatic rings. The Morgan fingerprint density at radius 1 is 1.28 bits per heavy atom. The number of rotatable bonds is 9. The second-order valence-electron chi connectivity index (χ2n) is 8.33. The highest BCUT2D eigenvalue weighted by Gasteiger charge is 2.32. The first-order valence-electron chi connectivity index (χ1n) is 11.4. The molecule has 0 saturated heterocycles. The summed E-state index contributed by atoms with van der Waals surface area (Å²) in [6.45, 7) is 4.59. The first-order chi connectivity index (χ1) is 15.5. The third-order valence-corrected chi connectivity index (χ3v) is 7.17. The molecule has 0 bridgehead atoms. The van der Waals surface area contributed by atoms with Crippen LogP contribution in [0.15, 0.2) is 40.0 Å². The van der Waals surface area contributed by atoms with Gasteiger partial charge in [-0.2, -0.15) is 0 Å². The van der Waals surface area contributed by atoms with Crippen LogP contribution in [0.3, 0.4) is 0 Å². The smallest absolute Gasteiger partial charge is 0.245 e. The van der Waals surface area contributed by atoms with E-state index in [9.17, 15) is 9.59 Å². The fourth-order valence-electron chi connectivity index (χ4n) is 4.41. The van der Waals surface area contributed by atoms with Crippen LogP contribution >= 0.6 is 24.0 Å². The molecule has 7 heteroatoms. The quantitative estimate of drug-likeness (QED) is 0.373. The van der Waals surface area contributed by atoms with Crippen LogP contribution in [-0.2, 0) is 9.59 Å². The fourth-order valence-corrected chi connectivity index (χ4v) is 5.57. The van der Waals surface area contributed by atoms with Gasteiger partial charge in [-0.3, -0.25) is 14.6 Å². The second-order valence-corrected chi connectivity index (χ2v) is 9.50. The Morgan fingerprint density at radius 2 is 2.03 bits per heavy atom. The van der Waals surface area contributed by atoms with Gasteiger partial charge in [0.15, 0.2) is 0 Å². The van der Waals surface area contributed by atoms with Crippen molar-refractivity contribution in [3.63, 3.8) is 0 Å². The normalized spacial score (nSPS) is 16.4. The number of benzene rings is 1. The van der Waals surface area contributed by atoms with Gasteiger partial charge in [0.2, 0.25) is 11.8 Å². The number of aliphatic imine (C=N–C) groups is 1. The van der Waals surface area contributed by atoms with Crippen LogP contribution in [-0.4, -0.2) is 42.1 Å². The molecule has 1 aromatic carbocycles. The van der Waals surface area contributed by atoms with Crippen molar-refractivity contribution in [3.8, 4) is 0 Å². The number of carbonyl (C=O) groups excluding carboxylic acids is 2. The van der Waals surface area contributed by atoms with E-state index >= 15 is 0 Å². The standard InChI is InChI=1S/C25H33N3O2S2/c1-3-14-28(25(30)24(27-18(2)29)19-9-5-4-6-10-19)15-13-26-22(16-31)21-17-32-23-12-8-7-11-20(21)23/h7-8,11-13,16-17,19,24,31H,3-6,9-10,14-15H2,1-2H3,(H,27,29)/b22-16-,26-13?. The molecule has 3 rings (SSSR count). The third-order valence-electron chi connectivity index (χ3n) is 5.96. The molecule has 1 atom stereocenters. The molecule has 1 aliphatic rings. The first kappa shape index (κ1) is 24.5. The van der Waals surface area contributed by atoms with Crippen molar-refractivity contribution in [3.05, 3.63) is 40.6 Å². The maximum atomic E-state index is 13.4. The molecule has 0 radical (unpaired) electrons. The predicted molar refractivity (Wildman–Crippen MR) is 138 cm³/mol. The number of fused-ring (bicyclic) bond motifs is 1. The third kappa shape index (κ3) is 6.23. The van der Waals surface area contributed by atoms with E-state index in [1.807, 2.05) is 17.0 Å². The summed E-state index contributed by atoms with van der Waals surface area (Å²) in [5, 5.41) is 7.90. The van der Waals surface area contributed by atoms with Gasteiger partial charge in [0, 0.05) is 40.7 Å². The zero-order valence-corrected chi connectivity index (χ0v) is 20.6. The molecule has 1 fully saturated rings. The number of amides is 2. The Bertz CT molecular complexity index is 976. The molecular formula is C25H33N3O2S2. The van der Waals surface area contributed by atoms with Gasteiger partial charge in [-0.05, 0) is 36.7 Å². The summed E-state index contributed by atoms with van der Waals surface area (Å²) in [4.78, 5) is 31.8. The number of carbonyl (C=O) groups is 2. The number of hydrogen-bond acceptors (Lipinski definition) is 5. The SMILES string of the molecule is CCCN(CC=N/C(=C\S)c1csc2ccccc12)C(=O)C(NC(C)=O)C1CCCCC1. The molecule has 1 aromatic heterocycles. The lowest BCUT2D eigenvalue weighted by atomic mass is 9.83. The molecule has 0 aliphatic heterocycles.